The smallest absolute Gasteiger partial charge is 0.256 e. The van der Waals surface area contributed by atoms with E-state index in [9.17, 15) is 8.42 Å². The van der Waals surface area contributed by atoms with Gasteiger partial charge in [0.25, 0.3) is 10.0 Å². The minimum absolute atomic E-state index is 0.260. The second-order valence-electron chi connectivity index (χ2n) is 4.66. The van der Waals surface area contributed by atoms with E-state index in [1.165, 1.54) is 10.8 Å². The lowest BCUT2D eigenvalue weighted by Gasteiger charge is -2.06. The molecule has 0 aliphatic rings. The van der Waals surface area contributed by atoms with Gasteiger partial charge < -0.3 is 0 Å². The van der Waals surface area contributed by atoms with Crippen LogP contribution in [-0.2, 0) is 16.6 Å². The molecule has 6 nitrogen and oxygen atoms in total. The zero-order valence-corrected chi connectivity index (χ0v) is 12.9. The van der Waals surface area contributed by atoms with Gasteiger partial charge in [0.2, 0.25) is 0 Å². The Morgan fingerprint density at radius 1 is 1.36 bits per heavy atom. The number of aromatic nitrogens is 2. The first kappa shape index (κ1) is 15.8. The van der Waals surface area contributed by atoms with Gasteiger partial charge in [-0.2, -0.15) is 10.4 Å². The van der Waals surface area contributed by atoms with Crippen molar-refractivity contribution in [1.82, 2.24) is 9.78 Å². The molecule has 0 aliphatic heterocycles. The second-order valence-corrected chi connectivity index (χ2v) is 6.23. The molecule has 0 radical (unpaired) electrons. The summed E-state index contributed by atoms with van der Waals surface area (Å²) in [6.07, 6.45) is 1.78. The predicted molar refractivity (Wildman–Crippen MR) is 85.2 cm³/mol. The number of rotatable bonds is 6. The van der Waals surface area contributed by atoms with E-state index in [0.29, 0.717) is 18.1 Å². The number of nitriles is 1. The number of benzene rings is 1. The molecule has 0 fully saturated rings. The van der Waals surface area contributed by atoms with Gasteiger partial charge in [0.15, 0.2) is 0 Å². The Bertz CT molecular complexity index is 802. The largest absolute Gasteiger partial charge is 0.264 e. The van der Waals surface area contributed by atoms with Crippen LogP contribution in [-0.4, -0.2) is 18.2 Å². The molecule has 1 aromatic heterocycles. The summed E-state index contributed by atoms with van der Waals surface area (Å²) in [5.41, 5.74) is 1.48. The highest BCUT2D eigenvalue weighted by Crippen LogP contribution is 2.14. The van der Waals surface area contributed by atoms with E-state index in [-0.39, 0.29) is 6.42 Å². The van der Waals surface area contributed by atoms with Crippen molar-refractivity contribution >= 4 is 21.9 Å². The summed E-state index contributed by atoms with van der Waals surface area (Å²) in [5, 5.41) is 13.9. The van der Waals surface area contributed by atoms with Crippen molar-refractivity contribution in [3.05, 3.63) is 53.1 Å². The standard InChI is InChI=1S/C15H16N4O2S/c1-13-12-15(19(17-13)10-5-9-16)18-22(20,21)11-8-14-6-3-2-4-7-14/h2-4,6-8,11-12,18H,5,10H2,1H3/b11-8+. The van der Waals surface area contributed by atoms with Crippen molar-refractivity contribution < 1.29 is 8.42 Å². The number of sulfonamides is 1. The zero-order chi connectivity index (χ0) is 16.0. The molecule has 0 aliphatic carbocycles. The average Bonchev–Trinajstić information content (AvgIpc) is 2.83. The first-order chi connectivity index (χ1) is 10.5. The average molecular weight is 316 g/mol. The van der Waals surface area contributed by atoms with Crippen LogP contribution >= 0.6 is 0 Å². The second kappa shape index (κ2) is 6.91. The fraction of sp³-hybridized carbons (Fsp3) is 0.200. The van der Waals surface area contributed by atoms with Gasteiger partial charge in [-0.05, 0) is 18.6 Å². The van der Waals surface area contributed by atoms with Gasteiger partial charge in [-0.3, -0.25) is 4.72 Å². The summed E-state index contributed by atoms with van der Waals surface area (Å²) in [6, 6.07) is 12.8. The molecule has 0 atom stereocenters. The Labute approximate surface area is 129 Å². The Morgan fingerprint density at radius 2 is 2.09 bits per heavy atom. The first-order valence-electron chi connectivity index (χ1n) is 6.67. The zero-order valence-electron chi connectivity index (χ0n) is 12.1. The Balaban J connectivity index is 2.15. The number of hydrogen-bond donors (Lipinski definition) is 1. The highest BCUT2D eigenvalue weighted by molar-refractivity contribution is 7.95. The van der Waals surface area contributed by atoms with E-state index in [0.717, 1.165) is 11.0 Å². The third-order valence-electron chi connectivity index (χ3n) is 2.82. The van der Waals surface area contributed by atoms with Crippen LogP contribution in [0.5, 0.6) is 0 Å². The van der Waals surface area contributed by atoms with E-state index in [2.05, 4.69) is 9.82 Å². The van der Waals surface area contributed by atoms with E-state index in [4.69, 9.17) is 5.26 Å². The van der Waals surface area contributed by atoms with Crippen LogP contribution in [0.1, 0.15) is 17.7 Å². The Kier molecular flexibility index (Phi) is 4.96. The van der Waals surface area contributed by atoms with Crippen LogP contribution in [0.25, 0.3) is 6.08 Å². The van der Waals surface area contributed by atoms with Gasteiger partial charge in [-0.25, -0.2) is 13.1 Å². The van der Waals surface area contributed by atoms with Crippen molar-refractivity contribution in [2.75, 3.05) is 4.72 Å². The van der Waals surface area contributed by atoms with Gasteiger partial charge in [0.1, 0.15) is 5.82 Å². The topological polar surface area (TPSA) is 87.8 Å². The van der Waals surface area contributed by atoms with Crippen molar-refractivity contribution in [1.29, 1.82) is 5.26 Å². The molecule has 114 valence electrons. The van der Waals surface area contributed by atoms with Gasteiger partial charge in [-0.15, -0.1) is 0 Å². The van der Waals surface area contributed by atoms with Crippen LogP contribution in [0, 0.1) is 18.3 Å². The highest BCUT2D eigenvalue weighted by Gasteiger charge is 2.11. The molecule has 0 unspecified atom stereocenters. The lowest BCUT2D eigenvalue weighted by molar-refractivity contribution is 0.604. The van der Waals surface area contributed by atoms with Crippen LogP contribution in [0.2, 0.25) is 0 Å². The molecular weight excluding hydrogens is 300 g/mol. The minimum Gasteiger partial charge on any atom is -0.264 e. The van der Waals surface area contributed by atoms with Crippen LogP contribution in [0.15, 0.2) is 41.8 Å². The summed E-state index contributed by atoms with van der Waals surface area (Å²) < 4.78 is 28.2. The SMILES string of the molecule is Cc1cc(NS(=O)(=O)/C=C/c2ccccc2)n(CCC#N)n1. The molecule has 7 heteroatoms. The monoisotopic (exact) mass is 316 g/mol. The van der Waals surface area contributed by atoms with Crippen molar-refractivity contribution in [2.24, 2.45) is 0 Å². The maximum absolute atomic E-state index is 12.1. The number of nitrogens with one attached hydrogen (secondary N) is 1. The molecule has 0 saturated heterocycles. The number of nitrogens with zero attached hydrogens (tertiary/aromatic N) is 3. The van der Waals surface area contributed by atoms with Crippen molar-refractivity contribution in [3.8, 4) is 6.07 Å². The van der Waals surface area contributed by atoms with Crippen LogP contribution in [0.4, 0.5) is 5.82 Å². The number of aryl methyl sites for hydroxylation is 2. The fourth-order valence-corrected chi connectivity index (χ4v) is 2.73. The Hall–Kier alpha value is -2.59. The van der Waals surface area contributed by atoms with Gasteiger partial charge in [0, 0.05) is 6.07 Å². The molecule has 1 N–H and O–H groups in total. The van der Waals surface area contributed by atoms with Gasteiger partial charge >= 0.3 is 0 Å². The highest BCUT2D eigenvalue weighted by atomic mass is 32.2. The van der Waals surface area contributed by atoms with Crippen LogP contribution < -0.4 is 4.72 Å². The molecule has 0 saturated carbocycles. The Morgan fingerprint density at radius 3 is 2.77 bits per heavy atom. The number of hydrogen-bond acceptors (Lipinski definition) is 4. The summed E-state index contributed by atoms with van der Waals surface area (Å²) in [6.45, 7) is 2.10. The lowest BCUT2D eigenvalue weighted by Crippen LogP contribution is -2.13. The lowest BCUT2D eigenvalue weighted by atomic mass is 10.2. The minimum atomic E-state index is -3.64. The van der Waals surface area contributed by atoms with E-state index < -0.39 is 10.0 Å². The maximum atomic E-state index is 12.1. The number of anilines is 1. The summed E-state index contributed by atoms with van der Waals surface area (Å²) in [5.74, 6) is 0.352. The van der Waals surface area contributed by atoms with Gasteiger partial charge in [0.05, 0.1) is 30.1 Å². The summed E-state index contributed by atoms with van der Waals surface area (Å²) in [7, 11) is -3.64. The molecule has 2 rings (SSSR count). The quantitative estimate of drug-likeness (QED) is 0.887. The molecule has 0 spiro atoms. The van der Waals surface area contributed by atoms with E-state index in [1.54, 1.807) is 13.0 Å². The summed E-state index contributed by atoms with van der Waals surface area (Å²) in [4.78, 5) is 0. The summed E-state index contributed by atoms with van der Waals surface area (Å²) >= 11 is 0. The molecule has 22 heavy (non-hydrogen) atoms. The third-order valence-corrected chi connectivity index (χ3v) is 3.81. The predicted octanol–water partition coefficient (Wildman–Crippen LogP) is 2.52. The third kappa shape index (κ3) is 4.46. The van der Waals surface area contributed by atoms with Gasteiger partial charge in [-0.1, -0.05) is 30.3 Å². The molecule has 1 aromatic carbocycles. The fourth-order valence-electron chi connectivity index (χ4n) is 1.87. The maximum Gasteiger partial charge on any atom is 0.256 e. The molecule has 2 aromatic rings. The van der Waals surface area contributed by atoms with Crippen molar-refractivity contribution in [2.45, 2.75) is 19.9 Å². The molecule has 1 heterocycles. The van der Waals surface area contributed by atoms with E-state index in [1.807, 2.05) is 36.4 Å². The van der Waals surface area contributed by atoms with Crippen LogP contribution in [0.3, 0.4) is 0 Å². The van der Waals surface area contributed by atoms with Crippen molar-refractivity contribution in [3.63, 3.8) is 0 Å². The molecule has 0 bridgehead atoms. The normalized spacial score (nSPS) is 11.5. The molecular formula is C15H16N4O2S. The molecule has 0 amide bonds. The first-order valence-corrected chi connectivity index (χ1v) is 8.22. The van der Waals surface area contributed by atoms with E-state index >= 15 is 0 Å².